The Bertz CT molecular complexity index is 2270. The van der Waals surface area contributed by atoms with Crippen LogP contribution in [0.4, 0.5) is 0 Å². The Labute approximate surface area is 607 Å². The molecule has 0 fully saturated rings. The van der Waals surface area contributed by atoms with Gasteiger partial charge in [0.1, 0.15) is 19.3 Å². The van der Waals surface area contributed by atoms with Crippen molar-refractivity contribution >= 4 is 39.5 Å². The number of carbonyl (C=O) groups excluding carboxylic acids is 4. The quantitative estimate of drug-likeness (QED) is 0.0169. The Morgan fingerprint density at radius 2 is 0.530 bits per heavy atom. The number of carbonyl (C=O) groups is 4. The number of aliphatic hydroxyl groups is 1. The third-order valence-corrected chi connectivity index (χ3v) is 18.4. The Morgan fingerprint density at radius 1 is 0.290 bits per heavy atom. The summed E-state index contributed by atoms with van der Waals surface area (Å²) < 4.78 is 68.5. The Balaban J connectivity index is 5.32. The van der Waals surface area contributed by atoms with Crippen LogP contribution in [0.1, 0.15) is 336 Å². The van der Waals surface area contributed by atoms with Crippen molar-refractivity contribution in [2.45, 2.75) is 354 Å². The van der Waals surface area contributed by atoms with Crippen LogP contribution in [-0.2, 0) is 65.4 Å². The summed E-state index contributed by atoms with van der Waals surface area (Å²) >= 11 is 0. The van der Waals surface area contributed by atoms with E-state index in [9.17, 15) is 43.2 Å². The highest BCUT2D eigenvalue weighted by Crippen LogP contribution is 2.45. The van der Waals surface area contributed by atoms with E-state index >= 15 is 0 Å². The predicted molar refractivity (Wildman–Crippen MR) is 409 cm³/mol. The largest absolute Gasteiger partial charge is 0.472 e. The van der Waals surface area contributed by atoms with Gasteiger partial charge in [0.15, 0.2) is 12.2 Å². The van der Waals surface area contributed by atoms with E-state index in [1.54, 1.807) is 0 Å². The number of esters is 4. The maximum Gasteiger partial charge on any atom is 0.472 e. The number of rotatable bonds is 74. The Hall–Kier alpha value is -4.02. The van der Waals surface area contributed by atoms with Crippen LogP contribution >= 0.6 is 15.6 Å². The van der Waals surface area contributed by atoms with Crippen LogP contribution in [-0.4, -0.2) is 96.7 Å². The molecule has 3 N–H and O–H groups in total. The third-order valence-electron chi connectivity index (χ3n) is 16.5. The summed E-state index contributed by atoms with van der Waals surface area (Å²) in [6.45, 7) is 4.67. The molecule has 0 aliphatic carbocycles. The molecule has 5 atom stereocenters. The maximum atomic E-state index is 13.1. The highest BCUT2D eigenvalue weighted by molar-refractivity contribution is 7.47. The molecule has 0 saturated heterocycles. The van der Waals surface area contributed by atoms with Gasteiger partial charge in [0, 0.05) is 25.7 Å². The van der Waals surface area contributed by atoms with Gasteiger partial charge in [-0.25, -0.2) is 9.13 Å². The van der Waals surface area contributed by atoms with Gasteiger partial charge in [-0.3, -0.25) is 37.3 Å². The predicted octanol–water partition coefficient (Wildman–Crippen LogP) is 22.8. The van der Waals surface area contributed by atoms with Gasteiger partial charge in [0.2, 0.25) is 0 Å². The second-order valence-electron chi connectivity index (χ2n) is 26.3. The molecule has 0 aromatic rings. The zero-order chi connectivity index (χ0) is 73.2. The lowest BCUT2D eigenvalue weighted by molar-refractivity contribution is -0.161. The van der Waals surface area contributed by atoms with E-state index in [1.807, 2.05) is 0 Å². The zero-order valence-electron chi connectivity index (χ0n) is 63.1. The minimum Gasteiger partial charge on any atom is -0.462 e. The first kappa shape index (κ1) is 96.0. The van der Waals surface area contributed by atoms with Crippen LogP contribution in [0.25, 0.3) is 0 Å². The van der Waals surface area contributed by atoms with Crippen molar-refractivity contribution in [1.29, 1.82) is 0 Å². The van der Waals surface area contributed by atoms with Crippen molar-refractivity contribution in [3.63, 3.8) is 0 Å². The molecule has 0 aromatic carbocycles. The van der Waals surface area contributed by atoms with Crippen molar-refractivity contribution in [2.24, 2.45) is 0 Å². The van der Waals surface area contributed by atoms with Gasteiger partial charge in [0.05, 0.1) is 26.4 Å². The normalized spacial score (nSPS) is 14.4. The van der Waals surface area contributed by atoms with Crippen molar-refractivity contribution in [2.75, 3.05) is 39.6 Å². The highest BCUT2D eigenvalue weighted by Gasteiger charge is 2.30. The van der Waals surface area contributed by atoms with Gasteiger partial charge in [-0.05, 0) is 122 Å². The molecule has 0 aliphatic rings. The molecule has 0 heterocycles. The molecule has 5 unspecified atom stereocenters. The maximum absolute atomic E-state index is 13.1. The van der Waals surface area contributed by atoms with Crippen LogP contribution in [0.2, 0.25) is 0 Å². The fraction of sp³-hybridized carbons (Fsp3) is 0.753. The molecule has 0 rings (SSSR count). The number of hydrogen-bond acceptors (Lipinski definition) is 15. The molecule has 19 heteroatoms. The van der Waals surface area contributed by atoms with E-state index in [0.29, 0.717) is 25.7 Å². The standard InChI is InChI=1S/C81H142O17P2/c1-5-9-13-17-21-25-29-32-34-36-37-39-41-44-47-50-54-58-62-66-79(84)92-72-77(98-81(86)68-64-60-56-52-48-42-31-27-23-19-15-11-7-3)74-96-100(89,90)94-70-75(82)69-93-99(87,88)95-73-76(97-80(85)67-63-59-55-51-45-28-24-20-16-12-8-4)71-91-78(83)65-61-57-53-49-46-43-40-38-35-33-30-26-22-18-14-10-6-2/h10,14,20-22,24-26,32-35,37,39-40,43,75-77,82H,5-9,11-13,15-19,23,27-31,36,38,41-42,44-74H2,1-4H3,(H,87,88)(H,89,90)/b14-10-,24-20-,25-21-,26-22-,34-32-,35-33-,39-37-,43-40-. The lowest BCUT2D eigenvalue weighted by Crippen LogP contribution is -2.30. The summed E-state index contributed by atoms with van der Waals surface area (Å²) in [6.07, 6.45) is 76.8. The summed E-state index contributed by atoms with van der Waals surface area (Å²) in [4.78, 5) is 72.9. The van der Waals surface area contributed by atoms with Crippen LogP contribution in [0.5, 0.6) is 0 Å². The first-order valence-corrected chi connectivity index (χ1v) is 42.5. The number of ether oxygens (including phenoxy) is 4. The number of phosphoric ester groups is 2. The summed E-state index contributed by atoms with van der Waals surface area (Å²) in [5, 5.41) is 10.6. The smallest absolute Gasteiger partial charge is 0.462 e. The Morgan fingerprint density at radius 3 is 0.860 bits per heavy atom. The number of phosphoric acid groups is 2. The van der Waals surface area contributed by atoms with E-state index in [1.165, 1.54) is 83.5 Å². The molecular formula is C81H142O17P2. The third kappa shape index (κ3) is 72.3. The monoisotopic (exact) mass is 1450 g/mol. The van der Waals surface area contributed by atoms with E-state index in [-0.39, 0.29) is 25.7 Å². The van der Waals surface area contributed by atoms with Crippen LogP contribution in [0.15, 0.2) is 97.2 Å². The number of allylic oxidation sites excluding steroid dienone is 16. The van der Waals surface area contributed by atoms with Crippen LogP contribution < -0.4 is 0 Å². The lowest BCUT2D eigenvalue weighted by Gasteiger charge is -2.21. The van der Waals surface area contributed by atoms with Gasteiger partial charge >= 0.3 is 39.5 Å². The topological polar surface area (TPSA) is 237 Å². The molecule has 0 spiro atoms. The molecule has 578 valence electrons. The summed E-state index contributed by atoms with van der Waals surface area (Å²) in [7, 11) is -9.95. The molecule has 0 aromatic heterocycles. The zero-order valence-corrected chi connectivity index (χ0v) is 64.9. The number of hydrogen-bond donors (Lipinski definition) is 3. The second-order valence-corrected chi connectivity index (χ2v) is 29.2. The minimum absolute atomic E-state index is 0.0789. The van der Waals surface area contributed by atoms with Crippen molar-refractivity contribution < 1.29 is 80.2 Å². The molecule has 0 saturated carbocycles. The molecule has 0 aliphatic heterocycles. The first-order chi connectivity index (χ1) is 48.7. The highest BCUT2D eigenvalue weighted by atomic mass is 31.2. The lowest BCUT2D eigenvalue weighted by atomic mass is 10.0. The first-order valence-electron chi connectivity index (χ1n) is 39.5. The van der Waals surface area contributed by atoms with E-state index in [0.717, 1.165) is 173 Å². The second kappa shape index (κ2) is 73.3. The molecular weight excluding hydrogens is 1310 g/mol. The molecule has 0 radical (unpaired) electrons. The van der Waals surface area contributed by atoms with Gasteiger partial charge in [-0.15, -0.1) is 0 Å². The van der Waals surface area contributed by atoms with Gasteiger partial charge in [-0.1, -0.05) is 285 Å². The fourth-order valence-electron chi connectivity index (χ4n) is 10.5. The average molecular weight is 1450 g/mol. The van der Waals surface area contributed by atoms with Crippen LogP contribution in [0.3, 0.4) is 0 Å². The van der Waals surface area contributed by atoms with E-state index in [4.69, 9.17) is 37.0 Å². The summed E-state index contributed by atoms with van der Waals surface area (Å²) in [6, 6.07) is 0. The number of aliphatic hydroxyl groups excluding tert-OH is 1. The molecule has 100 heavy (non-hydrogen) atoms. The van der Waals surface area contributed by atoms with E-state index in [2.05, 4.69) is 125 Å². The average Bonchev–Trinajstić information content (AvgIpc) is 0.937. The molecule has 17 nitrogen and oxygen atoms in total. The van der Waals surface area contributed by atoms with Crippen molar-refractivity contribution in [3.05, 3.63) is 97.2 Å². The minimum atomic E-state index is -4.98. The summed E-state index contributed by atoms with van der Waals surface area (Å²) in [5.74, 6) is -2.21. The van der Waals surface area contributed by atoms with Gasteiger partial charge in [0.25, 0.3) is 0 Å². The van der Waals surface area contributed by atoms with Gasteiger partial charge in [-0.2, -0.15) is 0 Å². The SMILES string of the molecule is CC/C=C\C/C=C\C/C=C\C/C=C\CCCCCCC(=O)OCC(COP(=O)(O)OCC(O)COP(=O)(O)OCC(COC(=O)CCCCCCCC/C=C\C/C=C\C/C=C\CCCCC)OC(=O)CCCCCCCCCCCCCCC)OC(=O)CCCCCCC/C=C\CCCC. The van der Waals surface area contributed by atoms with Crippen LogP contribution in [0, 0.1) is 0 Å². The number of unbranched alkanes of at least 4 members (excludes halogenated alkanes) is 32. The Kier molecular flexibility index (Phi) is 70.4. The molecule has 0 amide bonds. The van der Waals surface area contributed by atoms with Crippen molar-refractivity contribution in [3.8, 4) is 0 Å². The van der Waals surface area contributed by atoms with Crippen molar-refractivity contribution in [1.82, 2.24) is 0 Å². The van der Waals surface area contributed by atoms with E-state index < -0.39 is 97.5 Å². The summed E-state index contributed by atoms with van der Waals surface area (Å²) in [5.41, 5.74) is 0. The molecule has 0 bridgehead atoms. The van der Waals surface area contributed by atoms with Gasteiger partial charge < -0.3 is 33.8 Å². The fourth-order valence-corrected chi connectivity index (χ4v) is 12.1.